The molecule has 0 radical (unpaired) electrons. The lowest BCUT2D eigenvalue weighted by molar-refractivity contribution is 0.0727. The van der Waals surface area contributed by atoms with Crippen LogP contribution in [0, 0.1) is 17.5 Å². The molecule has 0 amide bonds. The Bertz CT molecular complexity index is 1420. The highest BCUT2D eigenvalue weighted by molar-refractivity contribution is 5.91. The van der Waals surface area contributed by atoms with Crippen LogP contribution in [0.1, 0.15) is 43.5 Å². The van der Waals surface area contributed by atoms with E-state index in [1.807, 2.05) is 13.8 Å². The molecule has 202 valence electrons. The van der Waals surface area contributed by atoms with Crippen LogP contribution in [0.15, 0.2) is 78.9 Å². The zero-order chi connectivity index (χ0) is 27.8. The molecule has 0 atom stereocenters. The highest BCUT2D eigenvalue weighted by atomic mass is 19.2. The summed E-state index contributed by atoms with van der Waals surface area (Å²) < 4.78 is 60.6. The lowest BCUT2D eigenvalue weighted by Crippen LogP contribution is -2.09. The van der Waals surface area contributed by atoms with Crippen LogP contribution in [-0.4, -0.2) is 19.2 Å². The molecule has 0 saturated carbocycles. The van der Waals surface area contributed by atoms with Crippen LogP contribution >= 0.6 is 0 Å². The highest BCUT2D eigenvalue weighted by Gasteiger charge is 2.18. The molecule has 0 bridgehead atoms. The molecule has 0 unspecified atom stereocenters. The number of unbranched alkanes of at least 4 members (excludes halogenated alkanes) is 1. The van der Waals surface area contributed by atoms with Crippen LogP contribution in [0.3, 0.4) is 0 Å². The average molecular weight is 535 g/mol. The van der Waals surface area contributed by atoms with Gasteiger partial charge < -0.3 is 14.2 Å². The predicted molar refractivity (Wildman–Crippen MR) is 145 cm³/mol. The fourth-order valence-electron chi connectivity index (χ4n) is 3.88. The van der Waals surface area contributed by atoms with Crippen molar-refractivity contribution in [1.29, 1.82) is 0 Å². The van der Waals surface area contributed by atoms with Gasteiger partial charge in [0.1, 0.15) is 11.5 Å². The van der Waals surface area contributed by atoms with Gasteiger partial charge in [0.25, 0.3) is 0 Å². The van der Waals surface area contributed by atoms with Crippen molar-refractivity contribution in [3.8, 4) is 39.5 Å². The van der Waals surface area contributed by atoms with E-state index < -0.39 is 23.4 Å². The molecule has 4 nitrogen and oxygen atoms in total. The fourth-order valence-corrected chi connectivity index (χ4v) is 3.88. The van der Waals surface area contributed by atoms with Crippen molar-refractivity contribution >= 4 is 5.97 Å². The number of hydrogen-bond acceptors (Lipinski definition) is 4. The van der Waals surface area contributed by atoms with Gasteiger partial charge in [-0.2, -0.15) is 0 Å². The predicted octanol–water partition coefficient (Wildman–Crippen LogP) is 8.62. The van der Waals surface area contributed by atoms with Gasteiger partial charge in [0.05, 0.1) is 18.8 Å². The van der Waals surface area contributed by atoms with Crippen LogP contribution in [-0.2, 0) is 0 Å². The Morgan fingerprint density at radius 1 is 0.667 bits per heavy atom. The number of hydrogen-bond donors (Lipinski definition) is 0. The number of esters is 1. The van der Waals surface area contributed by atoms with Crippen LogP contribution in [0.2, 0.25) is 0 Å². The number of carbonyl (C=O) groups is 1. The maximum atomic E-state index is 15.1. The van der Waals surface area contributed by atoms with Gasteiger partial charge in [-0.15, -0.1) is 0 Å². The molecule has 0 heterocycles. The molecule has 0 spiro atoms. The van der Waals surface area contributed by atoms with E-state index in [2.05, 4.69) is 0 Å². The van der Waals surface area contributed by atoms with Gasteiger partial charge in [0, 0.05) is 17.2 Å². The van der Waals surface area contributed by atoms with Crippen molar-refractivity contribution < 1.29 is 32.2 Å². The monoisotopic (exact) mass is 534 g/mol. The lowest BCUT2D eigenvalue weighted by atomic mass is 9.98. The number of carbonyl (C=O) groups excluding carboxylic acids is 1. The average Bonchev–Trinajstić information content (AvgIpc) is 2.95. The van der Waals surface area contributed by atoms with Gasteiger partial charge in [-0.25, -0.2) is 18.0 Å². The van der Waals surface area contributed by atoms with Crippen molar-refractivity contribution in [2.75, 3.05) is 13.2 Å². The van der Waals surface area contributed by atoms with E-state index in [-0.39, 0.29) is 22.4 Å². The first-order valence-electron chi connectivity index (χ1n) is 12.9. The van der Waals surface area contributed by atoms with Crippen LogP contribution in [0.4, 0.5) is 13.2 Å². The molecule has 0 aliphatic carbocycles. The van der Waals surface area contributed by atoms with E-state index in [1.165, 1.54) is 48.5 Å². The van der Waals surface area contributed by atoms with Crippen molar-refractivity contribution in [3.05, 3.63) is 102 Å². The van der Waals surface area contributed by atoms with E-state index in [1.54, 1.807) is 24.3 Å². The Balaban J connectivity index is 1.46. The molecule has 4 aromatic carbocycles. The summed E-state index contributed by atoms with van der Waals surface area (Å²) >= 11 is 0. The lowest BCUT2D eigenvalue weighted by Gasteiger charge is -2.11. The topological polar surface area (TPSA) is 44.8 Å². The van der Waals surface area contributed by atoms with Gasteiger partial charge in [0.15, 0.2) is 23.2 Å². The van der Waals surface area contributed by atoms with Crippen LogP contribution in [0.25, 0.3) is 22.3 Å². The van der Waals surface area contributed by atoms with Crippen molar-refractivity contribution in [1.82, 2.24) is 0 Å². The van der Waals surface area contributed by atoms with Gasteiger partial charge in [-0.05, 0) is 60.4 Å². The summed E-state index contributed by atoms with van der Waals surface area (Å²) in [6.45, 7) is 5.07. The number of rotatable bonds is 11. The number of ether oxygens (including phenoxy) is 3. The van der Waals surface area contributed by atoms with Crippen molar-refractivity contribution in [3.63, 3.8) is 0 Å². The Morgan fingerprint density at radius 3 is 1.79 bits per heavy atom. The largest absolute Gasteiger partial charge is 0.494 e. The Morgan fingerprint density at radius 2 is 1.23 bits per heavy atom. The maximum absolute atomic E-state index is 15.1. The highest BCUT2D eigenvalue weighted by Crippen LogP contribution is 2.32. The first-order valence-corrected chi connectivity index (χ1v) is 12.9. The third-order valence-corrected chi connectivity index (χ3v) is 6.02. The molecule has 4 rings (SSSR count). The minimum Gasteiger partial charge on any atom is -0.494 e. The van der Waals surface area contributed by atoms with E-state index >= 15 is 8.78 Å². The summed E-state index contributed by atoms with van der Waals surface area (Å²) in [6, 6.07) is 19.6. The second kappa shape index (κ2) is 13.0. The molecule has 7 heteroatoms. The minimum atomic E-state index is -1.00. The maximum Gasteiger partial charge on any atom is 0.343 e. The van der Waals surface area contributed by atoms with E-state index in [0.717, 1.165) is 25.3 Å². The van der Waals surface area contributed by atoms with Gasteiger partial charge in [-0.1, -0.05) is 56.7 Å². The molecular weight excluding hydrogens is 505 g/mol. The quantitative estimate of drug-likeness (QED) is 0.110. The summed E-state index contributed by atoms with van der Waals surface area (Å²) in [5, 5.41) is 0. The van der Waals surface area contributed by atoms with Gasteiger partial charge in [0.2, 0.25) is 0 Å². The zero-order valence-corrected chi connectivity index (χ0v) is 21.8. The first-order chi connectivity index (χ1) is 18.9. The van der Waals surface area contributed by atoms with Crippen LogP contribution < -0.4 is 14.2 Å². The number of benzene rings is 4. The Labute approximate surface area is 226 Å². The fraction of sp³-hybridized carbons (Fsp3) is 0.219. The molecule has 0 N–H and O–H groups in total. The Kier molecular flexibility index (Phi) is 9.26. The SMILES string of the molecule is CCCCOc1ccc(OC(=O)c2ccc(-c3ccc(-c4ccc(OCCC)cc4)c(F)c3F)cc2)c(F)c1. The second-order valence-corrected chi connectivity index (χ2v) is 8.92. The third-order valence-electron chi connectivity index (χ3n) is 6.02. The summed E-state index contributed by atoms with van der Waals surface area (Å²) in [5.74, 6) is -2.71. The summed E-state index contributed by atoms with van der Waals surface area (Å²) in [6.07, 6.45) is 2.66. The molecular formula is C32H29F3O4. The first kappa shape index (κ1) is 27.8. The van der Waals surface area contributed by atoms with E-state index in [9.17, 15) is 9.18 Å². The van der Waals surface area contributed by atoms with E-state index in [0.29, 0.717) is 35.8 Å². The van der Waals surface area contributed by atoms with Gasteiger partial charge in [-0.3, -0.25) is 0 Å². The Hall–Kier alpha value is -4.26. The molecule has 0 fully saturated rings. The van der Waals surface area contributed by atoms with Crippen molar-refractivity contribution in [2.24, 2.45) is 0 Å². The van der Waals surface area contributed by atoms with Gasteiger partial charge >= 0.3 is 5.97 Å². The normalized spacial score (nSPS) is 10.8. The third kappa shape index (κ3) is 6.79. The molecule has 0 saturated heterocycles. The molecule has 0 aliphatic heterocycles. The standard InChI is InChI=1S/C32H29F3O4/c1-3-5-19-38-25-14-17-29(28(33)20-25)39-32(36)23-8-6-21(7-9-23)26-15-16-27(31(35)30(26)34)22-10-12-24(13-11-22)37-18-4-2/h6-17,20H,3-5,18-19H2,1-2H3. The summed E-state index contributed by atoms with van der Waals surface area (Å²) in [5.41, 5.74) is 1.20. The minimum absolute atomic E-state index is 0.0452. The summed E-state index contributed by atoms with van der Waals surface area (Å²) in [4.78, 5) is 12.6. The second-order valence-electron chi connectivity index (χ2n) is 8.92. The number of halogens is 3. The molecule has 0 aromatic heterocycles. The van der Waals surface area contributed by atoms with Crippen LogP contribution in [0.5, 0.6) is 17.2 Å². The van der Waals surface area contributed by atoms with Crippen molar-refractivity contribution in [2.45, 2.75) is 33.1 Å². The smallest absolute Gasteiger partial charge is 0.343 e. The zero-order valence-electron chi connectivity index (χ0n) is 21.8. The van der Waals surface area contributed by atoms with E-state index in [4.69, 9.17) is 14.2 Å². The molecule has 39 heavy (non-hydrogen) atoms. The summed E-state index contributed by atoms with van der Waals surface area (Å²) in [7, 11) is 0. The molecule has 4 aromatic rings. The molecule has 0 aliphatic rings.